The molecule has 204 valence electrons. The number of rotatable bonds is 7. The summed E-state index contributed by atoms with van der Waals surface area (Å²) in [6, 6.07) is 4.85. The Hall–Kier alpha value is -3.54. The number of anilines is 1. The van der Waals surface area contributed by atoms with Gasteiger partial charge < -0.3 is 9.64 Å². The van der Waals surface area contributed by atoms with Crippen LogP contribution < -0.4 is 14.4 Å². The minimum absolute atomic E-state index is 0.0348. The summed E-state index contributed by atoms with van der Waals surface area (Å²) in [6.07, 6.45) is 6.34. The van der Waals surface area contributed by atoms with E-state index >= 15 is 0 Å². The summed E-state index contributed by atoms with van der Waals surface area (Å²) in [5, 5.41) is 2.89. The summed E-state index contributed by atoms with van der Waals surface area (Å²) < 4.78 is 35.1. The van der Waals surface area contributed by atoms with Gasteiger partial charge in [-0.25, -0.2) is 27.8 Å². The van der Waals surface area contributed by atoms with Crippen molar-refractivity contribution in [2.45, 2.75) is 58.8 Å². The van der Waals surface area contributed by atoms with E-state index in [9.17, 15) is 18.0 Å². The van der Waals surface area contributed by atoms with Crippen molar-refractivity contribution in [1.29, 1.82) is 0 Å². The van der Waals surface area contributed by atoms with Crippen molar-refractivity contribution < 1.29 is 22.7 Å². The number of ether oxygens (including phenoxy) is 1. The van der Waals surface area contributed by atoms with E-state index in [0.717, 1.165) is 6.42 Å². The number of nitrogens with zero attached hydrogens (tertiary/aromatic N) is 5. The molecule has 2 aliphatic rings. The largest absolute Gasteiger partial charge is 0.476 e. The Morgan fingerprint density at radius 3 is 2.61 bits per heavy atom. The number of aliphatic imine (C=N–C) groups is 1. The molecule has 1 saturated heterocycles. The van der Waals surface area contributed by atoms with Crippen molar-refractivity contribution in [2.75, 3.05) is 18.1 Å². The summed E-state index contributed by atoms with van der Waals surface area (Å²) in [5.41, 5.74) is -0.292. The fraction of sp³-hybridized carbons (Fsp3) is 0.500. The van der Waals surface area contributed by atoms with Gasteiger partial charge in [-0.15, -0.1) is 5.10 Å². The van der Waals surface area contributed by atoms with E-state index in [0.29, 0.717) is 36.6 Å². The molecule has 38 heavy (non-hydrogen) atoms. The van der Waals surface area contributed by atoms with E-state index in [1.54, 1.807) is 23.0 Å². The number of aromatic nitrogens is 3. The van der Waals surface area contributed by atoms with Crippen molar-refractivity contribution in [3.63, 3.8) is 0 Å². The minimum atomic E-state index is -4.37. The van der Waals surface area contributed by atoms with Gasteiger partial charge in [0.1, 0.15) is 5.82 Å². The number of nitrogens with one attached hydrogen (secondary N) is 1. The summed E-state index contributed by atoms with van der Waals surface area (Å²) in [4.78, 5) is 35.7. The highest BCUT2D eigenvalue weighted by molar-refractivity contribution is 7.91. The van der Waals surface area contributed by atoms with E-state index in [2.05, 4.69) is 51.6 Å². The second-order valence-electron chi connectivity index (χ2n) is 11.6. The summed E-state index contributed by atoms with van der Waals surface area (Å²) in [6.45, 7) is 13.5. The summed E-state index contributed by atoms with van der Waals surface area (Å²) in [5.74, 6) is -0.181. The Kier molecular flexibility index (Phi) is 7.21. The predicted molar refractivity (Wildman–Crippen MR) is 144 cm³/mol. The molecule has 2 aromatic heterocycles. The van der Waals surface area contributed by atoms with Crippen LogP contribution in [0.2, 0.25) is 0 Å². The monoisotopic (exact) mass is 542 g/mol. The first kappa shape index (κ1) is 27.5. The molecule has 1 unspecified atom stereocenters. The van der Waals surface area contributed by atoms with Crippen LogP contribution in [0.15, 0.2) is 41.5 Å². The molecule has 1 fully saturated rings. The summed E-state index contributed by atoms with van der Waals surface area (Å²) >= 11 is 0. The zero-order valence-electron chi connectivity index (χ0n) is 22.5. The molecule has 4 rings (SSSR count). The third-order valence-electron chi connectivity index (χ3n) is 6.27. The molecule has 0 aliphatic carbocycles. The van der Waals surface area contributed by atoms with E-state index in [-0.39, 0.29) is 16.5 Å². The lowest BCUT2D eigenvalue weighted by molar-refractivity contribution is -0.116. The number of allylic oxidation sites excluding steroid dienone is 1. The third-order valence-corrected chi connectivity index (χ3v) is 7.77. The Balaban J connectivity index is 1.69. The van der Waals surface area contributed by atoms with Crippen LogP contribution in [0, 0.1) is 11.3 Å². The van der Waals surface area contributed by atoms with Gasteiger partial charge >= 0.3 is 0 Å². The van der Waals surface area contributed by atoms with Crippen LogP contribution >= 0.6 is 0 Å². The average molecular weight is 543 g/mol. The number of sulfonamides is 1. The van der Waals surface area contributed by atoms with Gasteiger partial charge in [-0.1, -0.05) is 33.8 Å². The first-order valence-electron chi connectivity index (χ1n) is 12.4. The molecule has 11 nitrogen and oxygen atoms in total. The molecule has 0 spiro atoms. The van der Waals surface area contributed by atoms with Crippen LogP contribution in [0.4, 0.5) is 5.82 Å². The molecular weight excluding hydrogens is 508 g/mol. The Morgan fingerprint density at radius 2 is 1.97 bits per heavy atom. The first-order valence-corrected chi connectivity index (χ1v) is 14.0. The van der Waals surface area contributed by atoms with Crippen molar-refractivity contribution in [2.24, 2.45) is 16.3 Å². The zero-order valence-corrected chi connectivity index (χ0v) is 23.3. The van der Waals surface area contributed by atoms with Gasteiger partial charge in [0.15, 0.2) is 11.1 Å². The number of hydrogen-bond donors (Lipinski definition) is 1. The first-order chi connectivity index (χ1) is 17.7. The van der Waals surface area contributed by atoms with Gasteiger partial charge in [-0.3, -0.25) is 9.59 Å². The van der Waals surface area contributed by atoms with E-state index in [1.165, 1.54) is 24.4 Å². The van der Waals surface area contributed by atoms with Crippen LogP contribution in [0.25, 0.3) is 5.82 Å². The molecule has 0 aromatic carbocycles. The molecular formula is C26H34N6O5S. The van der Waals surface area contributed by atoms with Crippen LogP contribution in [-0.2, 0) is 14.8 Å². The van der Waals surface area contributed by atoms with Gasteiger partial charge in [-0.05, 0) is 49.8 Å². The average Bonchev–Trinajstić information content (AvgIpc) is 3.39. The van der Waals surface area contributed by atoms with Crippen molar-refractivity contribution in [3.05, 3.63) is 42.1 Å². The van der Waals surface area contributed by atoms with Gasteiger partial charge in [0.05, 0.1) is 12.2 Å². The lowest BCUT2D eigenvalue weighted by Gasteiger charge is -2.34. The van der Waals surface area contributed by atoms with Crippen molar-refractivity contribution >= 4 is 33.9 Å². The second-order valence-corrected chi connectivity index (χ2v) is 13.4. The van der Waals surface area contributed by atoms with Crippen LogP contribution in [0.3, 0.4) is 0 Å². The highest BCUT2D eigenvalue weighted by atomic mass is 32.2. The summed E-state index contributed by atoms with van der Waals surface area (Å²) in [7, 11) is -4.37. The van der Waals surface area contributed by atoms with Gasteiger partial charge in [0.2, 0.25) is 5.88 Å². The van der Waals surface area contributed by atoms with Crippen LogP contribution in [-0.4, -0.2) is 65.2 Å². The molecule has 0 bridgehead atoms. The fourth-order valence-corrected chi connectivity index (χ4v) is 5.74. The quantitative estimate of drug-likeness (QED) is 0.564. The predicted octanol–water partition coefficient (Wildman–Crippen LogP) is 2.91. The topological polar surface area (TPSA) is 136 Å². The standard InChI is InChI=1S/C26H34N6O5S/c1-17-14-26(5,6)31(15-17)22-18(23(33)30-38(35,36)19-8-7-12-27-24(19)34)9-10-20(28-22)32-13-11-21(29-32)37-16-25(2,3)4/h7-13,17,19H,14-16H2,1-6H3,(H,30,33)/t17-,19?/m0/s1. The Bertz CT molecular complexity index is 1400. The molecule has 0 radical (unpaired) electrons. The molecule has 0 saturated carbocycles. The molecule has 4 heterocycles. The van der Waals surface area contributed by atoms with Gasteiger partial charge in [0, 0.05) is 30.6 Å². The smallest absolute Gasteiger partial charge is 0.269 e. The van der Waals surface area contributed by atoms with E-state index in [1.807, 2.05) is 9.62 Å². The van der Waals surface area contributed by atoms with Crippen LogP contribution in [0.1, 0.15) is 58.3 Å². The number of amides is 2. The molecule has 1 N–H and O–H groups in total. The number of carbonyl (C=O) groups excluding carboxylic acids is 2. The normalized spacial score (nSPS) is 21.1. The molecule has 2 aromatic rings. The maximum atomic E-state index is 13.3. The number of carbonyl (C=O) groups is 2. The Morgan fingerprint density at radius 1 is 1.24 bits per heavy atom. The SMILES string of the molecule is C[C@@H]1CN(c2nc(-n3ccc(OCC(C)(C)C)n3)ccc2C(=O)NS(=O)(=O)C2C=CC=NC2=O)C(C)(C)C1. The lowest BCUT2D eigenvalue weighted by Crippen LogP contribution is -2.43. The Labute approximate surface area is 223 Å². The van der Waals surface area contributed by atoms with E-state index < -0.39 is 27.1 Å². The molecule has 12 heteroatoms. The van der Waals surface area contributed by atoms with Gasteiger partial charge in [-0.2, -0.15) is 0 Å². The molecule has 2 atom stereocenters. The lowest BCUT2D eigenvalue weighted by atomic mass is 9.97. The van der Waals surface area contributed by atoms with Gasteiger partial charge in [0.25, 0.3) is 21.8 Å². The zero-order chi connectivity index (χ0) is 27.9. The minimum Gasteiger partial charge on any atom is -0.476 e. The van der Waals surface area contributed by atoms with Crippen LogP contribution in [0.5, 0.6) is 5.88 Å². The number of dihydropyridines is 1. The highest BCUT2D eigenvalue weighted by Gasteiger charge is 2.40. The fourth-order valence-electron chi connectivity index (χ4n) is 4.62. The molecule has 2 aliphatic heterocycles. The van der Waals surface area contributed by atoms with Crippen molar-refractivity contribution in [1.82, 2.24) is 19.5 Å². The van der Waals surface area contributed by atoms with E-state index in [4.69, 9.17) is 9.72 Å². The second kappa shape index (κ2) is 9.97. The number of pyridine rings is 1. The highest BCUT2D eigenvalue weighted by Crippen LogP contribution is 2.37. The molecule has 2 amide bonds. The number of hydrogen-bond acceptors (Lipinski definition) is 8. The maximum Gasteiger partial charge on any atom is 0.269 e. The maximum absolute atomic E-state index is 13.3. The third kappa shape index (κ3) is 5.95. The van der Waals surface area contributed by atoms with Crippen molar-refractivity contribution in [3.8, 4) is 11.7 Å².